The molecule has 2 unspecified atom stereocenters. The summed E-state index contributed by atoms with van der Waals surface area (Å²) >= 11 is 0. The van der Waals surface area contributed by atoms with Crippen LogP contribution in [0.15, 0.2) is 0 Å². The summed E-state index contributed by atoms with van der Waals surface area (Å²) < 4.78 is 0. The van der Waals surface area contributed by atoms with E-state index in [1.165, 1.54) is 52.0 Å². The molecule has 2 N–H and O–H groups in total. The fourth-order valence-corrected chi connectivity index (χ4v) is 3.97. The van der Waals surface area contributed by atoms with Crippen LogP contribution in [-0.4, -0.2) is 79.1 Å². The van der Waals surface area contributed by atoms with Crippen LogP contribution in [0.4, 0.5) is 0 Å². The van der Waals surface area contributed by atoms with E-state index >= 15 is 0 Å². The lowest BCUT2D eigenvalue weighted by Crippen LogP contribution is -2.61. The number of likely N-dealkylation sites (tertiary alicyclic amines) is 1. The monoisotopic (exact) mass is 266 g/mol. The van der Waals surface area contributed by atoms with Crippen LogP contribution in [0.5, 0.6) is 0 Å². The van der Waals surface area contributed by atoms with E-state index in [1.807, 2.05) is 0 Å². The highest BCUT2D eigenvalue weighted by molar-refractivity contribution is 5.03. The second kappa shape index (κ2) is 5.32. The Morgan fingerprint density at radius 2 is 1.84 bits per heavy atom. The van der Waals surface area contributed by atoms with Gasteiger partial charge in [0.05, 0.1) is 0 Å². The summed E-state index contributed by atoms with van der Waals surface area (Å²) in [6.45, 7) is 10.6. The van der Waals surface area contributed by atoms with Crippen LogP contribution in [0.1, 0.15) is 26.2 Å². The first-order chi connectivity index (χ1) is 9.13. The van der Waals surface area contributed by atoms with Crippen LogP contribution in [0, 0.1) is 5.92 Å². The van der Waals surface area contributed by atoms with Gasteiger partial charge in [-0.3, -0.25) is 4.90 Å². The molecule has 1 aliphatic carbocycles. The smallest absolute Gasteiger partial charge is 0.0474 e. The van der Waals surface area contributed by atoms with Gasteiger partial charge >= 0.3 is 0 Å². The average molecular weight is 266 g/mol. The van der Waals surface area contributed by atoms with Crippen LogP contribution in [-0.2, 0) is 0 Å². The zero-order valence-corrected chi connectivity index (χ0v) is 12.6. The van der Waals surface area contributed by atoms with Crippen molar-refractivity contribution >= 4 is 0 Å². The summed E-state index contributed by atoms with van der Waals surface area (Å²) in [5.74, 6) is 1.02. The third-order valence-corrected chi connectivity index (χ3v) is 5.61. The van der Waals surface area contributed by atoms with Crippen LogP contribution in [0.3, 0.4) is 0 Å². The zero-order valence-electron chi connectivity index (χ0n) is 12.6. The Kier molecular flexibility index (Phi) is 3.87. The first kappa shape index (κ1) is 13.8. The van der Waals surface area contributed by atoms with Crippen LogP contribution >= 0.6 is 0 Å². The molecular weight excluding hydrogens is 236 g/mol. The molecule has 2 saturated heterocycles. The Balaban J connectivity index is 1.56. The van der Waals surface area contributed by atoms with E-state index in [2.05, 4.69) is 28.7 Å². The maximum Gasteiger partial charge on any atom is 0.0474 e. The van der Waals surface area contributed by atoms with E-state index in [4.69, 9.17) is 5.73 Å². The SMILES string of the molecule is CC1CC(CN)(N2CCN(CC3CC3)CC2)CN1C. The molecule has 3 aliphatic rings. The van der Waals surface area contributed by atoms with Crippen molar-refractivity contribution in [2.75, 3.05) is 52.9 Å². The predicted molar refractivity (Wildman–Crippen MR) is 79.2 cm³/mol. The number of hydrogen-bond donors (Lipinski definition) is 1. The fraction of sp³-hybridized carbons (Fsp3) is 1.00. The number of piperazine rings is 1. The maximum absolute atomic E-state index is 6.17. The van der Waals surface area contributed by atoms with Gasteiger partial charge in [-0.25, -0.2) is 0 Å². The van der Waals surface area contributed by atoms with E-state index in [-0.39, 0.29) is 5.54 Å². The predicted octanol–water partition coefficient (Wildman–Crippen LogP) is 0.436. The van der Waals surface area contributed by atoms with Crippen molar-refractivity contribution in [2.45, 2.75) is 37.8 Å². The van der Waals surface area contributed by atoms with Gasteiger partial charge in [-0.1, -0.05) is 0 Å². The van der Waals surface area contributed by atoms with E-state index in [9.17, 15) is 0 Å². The van der Waals surface area contributed by atoms with E-state index in [0.29, 0.717) is 6.04 Å². The summed E-state index contributed by atoms with van der Waals surface area (Å²) in [4.78, 5) is 7.83. The van der Waals surface area contributed by atoms with Gasteiger partial charge in [-0.15, -0.1) is 0 Å². The van der Waals surface area contributed by atoms with Gasteiger partial charge in [0.1, 0.15) is 0 Å². The van der Waals surface area contributed by atoms with Gasteiger partial charge in [0.25, 0.3) is 0 Å². The van der Waals surface area contributed by atoms with Crippen LogP contribution in [0.2, 0.25) is 0 Å². The van der Waals surface area contributed by atoms with Crippen LogP contribution in [0.25, 0.3) is 0 Å². The second-order valence-corrected chi connectivity index (χ2v) is 7.13. The van der Waals surface area contributed by atoms with E-state index in [1.54, 1.807) is 0 Å². The lowest BCUT2D eigenvalue weighted by atomic mass is 9.93. The number of rotatable bonds is 4. The Labute approximate surface area is 117 Å². The van der Waals surface area contributed by atoms with Gasteiger partial charge in [-0.05, 0) is 39.2 Å². The van der Waals surface area contributed by atoms with Crippen molar-refractivity contribution in [1.82, 2.24) is 14.7 Å². The molecule has 0 aromatic carbocycles. The molecule has 4 nitrogen and oxygen atoms in total. The van der Waals surface area contributed by atoms with Crippen molar-refractivity contribution in [2.24, 2.45) is 11.7 Å². The van der Waals surface area contributed by atoms with Crippen molar-refractivity contribution in [3.8, 4) is 0 Å². The third kappa shape index (κ3) is 2.82. The van der Waals surface area contributed by atoms with Gasteiger partial charge in [0.2, 0.25) is 0 Å². The minimum atomic E-state index is 0.250. The van der Waals surface area contributed by atoms with E-state index < -0.39 is 0 Å². The van der Waals surface area contributed by atoms with Crippen molar-refractivity contribution < 1.29 is 0 Å². The molecule has 110 valence electrons. The molecule has 0 spiro atoms. The Morgan fingerprint density at radius 3 is 2.32 bits per heavy atom. The standard InChI is InChI=1S/C15H30N4/c1-13-9-15(11-16,12-17(13)2)19-7-5-18(6-8-19)10-14-3-4-14/h13-14H,3-12,16H2,1-2H3. The van der Waals surface area contributed by atoms with Gasteiger partial charge in [-0.2, -0.15) is 0 Å². The molecule has 19 heavy (non-hydrogen) atoms. The summed E-state index contributed by atoms with van der Waals surface area (Å²) in [6, 6.07) is 0.674. The normalized spacial score (nSPS) is 39.0. The molecule has 0 radical (unpaired) electrons. The van der Waals surface area contributed by atoms with E-state index in [0.717, 1.165) is 19.0 Å². The lowest BCUT2D eigenvalue weighted by Gasteiger charge is -2.45. The summed E-state index contributed by atoms with van der Waals surface area (Å²) in [7, 11) is 2.24. The van der Waals surface area contributed by atoms with Crippen molar-refractivity contribution in [3.05, 3.63) is 0 Å². The summed E-state index contributed by atoms with van der Waals surface area (Å²) in [6.07, 6.45) is 4.17. The lowest BCUT2D eigenvalue weighted by molar-refractivity contribution is 0.0404. The average Bonchev–Trinajstić information content (AvgIpc) is 3.17. The molecular formula is C15H30N4. The maximum atomic E-state index is 6.17. The Morgan fingerprint density at radius 1 is 1.16 bits per heavy atom. The first-order valence-corrected chi connectivity index (χ1v) is 8.01. The molecule has 4 heteroatoms. The Bertz CT molecular complexity index is 297. The largest absolute Gasteiger partial charge is 0.329 e. The topological polar surface area (TPSA) is 35.7 Å². The Hall–Kier alpha value is -0.160. The fourth-order valence-electron chi connectivity index (χ4n) is 3.97. The highest BCUT2D eigenvalue weighted by Crippen LogP contribution is 2.33. The summed E-state index contributed by atoms with van der Waals surface area (Å²) in [5, 5.41) is 0. The molecule has 3 rings (SSSR count). The highest BCUT2D eigenvalue weighted by atomic mass is 15.3. The number of nitrogens with two attached hydrogens (primary N) is 1. The molecule has 0 bridgehead atoms. The molecule has 2 heterocycles. The van der Waals surface area contributed by atoms with Gasteiger partial charge in [0, 0.05) is 57.4 Å². The number of nitrogens with zero attached hydrogens (tertiary/aromatic N) is 3. The number of hydrogen-bond acceptors (Lipinski definition) is 4. The van der Waals surface area contributed by atoms with Crippen molar-refractivity contribution in [3.63, 3.8) is 0 Å². The second-order valence-electron chi connectivity index (χ2n) is 7.13. The van der Waals surface area contributed by atoms with Gasteiger partial charge < -0.3 is 15.5 Å². The quantitative estimate of drug-likeness (QED) is 0.801. The molecule has 3 fully saturated rings. The van der Waals surface area contributed by atoms with Crippen molar-refractivity contribution in [1.29, 1.82) is 0 Å². The molecule has 2 atom stereocenters. The highest BCUT2D eigenvalue weighted by Gasteiger charge is 2.44. The molecule has 0 aromatic heterocycles. The minimum absolute atomic E-state index is 0.250. The summed E-state index contributed by atoms with van der Waals surface area (Å²) in [5.41, 5.74) is 6.42. The molecule has 1 saturated carbocycles. The zero-order chi connectivity index (χ0) is 13.5. The molecule has 2 aliphatic heterocycles. The van der Waals surface area contributed by atoms with Gasteiger partial charge in [0.15, 0.2) is 0 Å². The third-order valence-electron chi connectivity index (χ3n) is 5.61. The molecule has 0 amide bonds. The minimum Gasteiger partial charge on any atom is -0.329 e. The number of likely N-dealkylation sites (N-methyl/N-ethyl adjacent to an activating group) is 1. The first-order valence-electron chi connectivity index (χ1n) is 8.01. The molecule has 0 aromatic rings. The van der Waals surface area contributed by atoms with Crippen LogP contribution < -0.4 is 5.73 Å².